The molecule has 31 heavy (non-hydrogen) atoms. The monoisotopic (exact) mass is 418 g/mol. The van der Waals surface area contributed by atoms with Gasteiger partial charge in [0.2, 0.25) is 0 Å². The summed E-state index contributed by atoms with van der Waals surface area (Å²) in [5.41, 5.74) is 1.99. The molecule has 4 rings (SSSR count). The molecular weight excluding hydrogens is 396 g/mol. The van der Waals surface area contributed by atoms with E-state index in [2.05, 4.69) is 0 Å². The van der Waals surface area contributed by atoms with E-state index in [1.54, 1.807) is 51.7 Å². The first kappa shape index (κ1) is 20.3. The third-order valence-electron chi connectivity index (χ3n) is 4.97. The van der Waals surface area contributed by atoms with E-state index in [9.17, 15) is 4.79 Å². The van der Waals surface area contributed by atoms with Gasteiger partial charge in [0.15, 0.2) is 0 Å². The van der Waals surface area contributed by atoms with Gasteiger partial charge < -0.3 is 23.4 Å². The van der Waals surface area contributed by atoms with Gasteiger partial charge in [-0.2, -0.15) is 0 Å². The van der Waals surface area contributed by atoms with Gasteiger partial charge in [0.25, 0.3) is 0 Å². The summed E-state index contributed by atoms with van der Waals surface area (Å²) in [6.45, 7) is 0.388. The Morgan fingerprint density at radius 3 is 2.13 bits per heavy atom. The molecule has 3 aromatic carbocycles. The van der Waals surface area contributed by atoms with Crippen molar-refractivity contribution in [2.24, 2.45) is 0 Å². The molecule has 0 aliphatic heterocycles. The predicted octanol–water partition coefficient (Wildman–Crippen LogP) is 5.06. The second-order valence-electron chi connectivity index (χ2n) is 6.85. The van der Waals surface area contributed by atoms with Crippen LogP contribution in [0.4, 0.5) is 0 Å². The van der Waals surface area contributed by atoms with E-state index in [0.717, 1.165) is 16.7 Å². The van der Waals surface area contributed by atoms with Crippen molar-refractivity contribution in [1.29, 1.82) is 0 Å². The molecule has 0 radical (unpaired) electrons. The second-order valence-corrected chi connectivity index (χ2v) is 6.85. The van der Waals surface area contributed by atoms with E-state index in [4.69, 9.17) is 23.4 Å². The molecule has 1 heterocycles. The lowest BCUT2D eigenvalue weighted by Crippen LogP contribution is -2.04. The predicted molar refractivity (Wildman–Crippen MR) is 118 cm³/mol. The van der Waals surface area contributed by atoms with Gasteiger partial charge in [0.05, 0.1) is 26.9 Å². The standard InChI is InChI=1S/C25H22O6/c1-27-18-7-4-16(5-8-18)15-30-20-9-6-17-12-22(25(26)31-24(17)14-20)21-13-19(28-2)10-11-23(21)29-3/h4-14H,15H2,1-3H3. The molecule has 4 aromatic rings. The van der Waals surface area contributed by atoms with E-state index in [-0.39, 0.29) is 0 Å². The number of fused-ring (bicyclic) bond motifs is 1. The van der Waals surface area contributed by atoms with Crippen molar-refractivity contribution in [3.05, 3.63) is 82.7 Å². The van der Waals surface area contributed by atoms with Gasteiger partial charge >= 0.3 is 5.63 Å². The minimum atomic E-state index is -0.466. The highest BCUT2D eigenvalue weighted by Crippen LogP contribution is 2.33. The Morgan fingerprint density at radius 2 is 1.42 bits per heavy atom. The Morgan fingerprint density at radius 1 is 0.710 bits per heavy atom. The normalized spacial score (nSPS) is 10.7. The average Bonchev–Trinajstić information content (AvgIpc) is 2.82. The van der Waals surface area contributed by atoms with Crippen molar-refractivity contribution in [3.63, 3.8) is 0 Å². The van der Waals surface area contributed by atoms with Crippen LogP contribution < -0.4 is 24.6 Å². The Labute approximate surface area is 179 Å². The third-order valence-corrected chi connectivity index (χ3v) is 4.97. The first-order valence-electron chi connectivity index (χ1n) is 9.67. The van der Waals surface area contributed by atoms with E-state index in [0.29, 0.717) is 40.6 Å². The molecule has 6 heteroatoms. The molecule has 0 fully saturated rings. The number of hydrogen-bond donors (Lipinski definition) is 0. The van der Waals surface area contributed by atoms with Gasteiger partial charge in [-0.15, -0.1) is 0 Å². The van der Waals surface area contributed by atoms with Gasteiger partial charge in [-0.1, -0.05) is 12.1 Å². The van der Waals surface area contributed by atoms with Crippen LogP contribution in [-0.4, -0.2) is 21.3 Å². The Balaban J connectivity index is 1.63. The molecule has 0 aliphatic rings. The highest BCUT2D eigenvalue weighted by Gasteiger charge is 2.14. The van der Waals surface area contributed by atoms with E-state index >= 15 is 0 Å². The van der Waals surface area contributed by atoms with Crippen molar-refractivity contribution < 1.29 is 23.4 Å². The number of methoxy groups -OCH3 is 3. The first-order chi connectivity index (χ1) is 15.1. The van der Waals surface area contributed by atoms with Gasteiger partial charge in [-0.3, -0.25) is 0 Å². The number of rotatable bonds is 7. The minimum Gasteiger partial charge on any atom is -0.497 e. The van der Waals surface area contributed by atoms with E-state index in [1.807, 2.05) is 36.4 Å². The quantitative estimate of drug-likeness (QED) is 0.391. The van der Waals surface area contributed by atoms with Crippen LogP contribution >= 0.6 is 0 Å². The summed E-state index contributed by atoms with van der Waals surface area (Å²) < 4.78 is 27.3. The highest BCUT2D eigenvalue weighted by atomic mass is 16.5. The Kier molecular flexibility index (Phi) is 5.80. The van der Waals surface area contributed by atoms with E-state index in [1.165, 1.54) is 0 Å². The van der Waals surface area contributed by atoms with Gasteiger partial charge in [-0.25, -0.2) is 4.79 Å². The molecule has 0 saturated heterocycles. The zero-order chi connectivity index (χ0) is 21.8. The smallest absolute Gasteiger partial charge is 0.344 e. The van der Waals surface area contributed by atoms with Crippen LogP contribution in [0.15, 0.2) is 75.9 Å². The molecule has 0 spiro atoms. The van der Waals surface area contributed by atoms with Crippen molar-refractivity contribution in [3.8, 4) is 34.1 Å². The maximum absolute atomic E-state index is 12.7. The summed E-state index contributed by atoms with van der Waals surface area (Å²) in [5.74, 6) is 2.59. The van der Waals surface area contributed by atoms with Crippen molar-refractivity contribution >= 4 is 11.0 Å². The number of ether oxygens (including phenoxy) is 4. The molecule has 0 aliphatic carbocycles. The molecular formula is C25H22O6. The zero-order valence-corrected chi connectivity index (χ0v) is 17.5. The summed E-state index contributed by atoms with van der Waals surface area (Å²) in [6, 6.07) is 20.1. The average molecular weight is 418 g/mol. The molecule has 0 atom stereocenters. The van der Waals surface area contributed by atoms with Crippen molar-refractivity contribution in [1.82, 2.24) is 0 Å². The largest absolute Gasteiger partial charge is 0.497 e. The van der Waals surface area contributed by atoms with Gasteiger partial charge in [0, 0.05) is 17.0 Å². The van der Waals surface area contributed by atoms with Crippen LogP contribution in [0.25, 0.3) is 22.1 Å². The zero-order valence-electron chi connectivity index (χ0n) is 17.5. The summed E-state index contributed by atoms with van der Waals surface area (Å²) >= 11 is 0. The second kappa shape index (κ2) is 8.83. The third kappa shape index (κ3) is 4.33. The molecule has 0 saturated carbocycles. The summed E-state index contributed by atoms with van der Waals surface area (Å²) in [7, 11) is 4.76. The molecule has 0 bridgehead atoms. The van der Waals surface area contributed by atoms with Crippen LogP contribution in [0.5, 0.6) is 23.0 Å². The van der Waals surface area contributed by atoms with Crippen molar-refractivity contribution in [2.45, 2.75) is 6.61 Å². The fraction of sp³-hybridized carbons (Fsp3) is 0.160. The maximum Gasteiger partial charge on any atom is 0.344 e. The lowest BCUT2D eigenvalue weighted by Gasteiger charge is -2.11. The molecule has 0 amide bonds. The molecule has 158 valence electrons. The molecule has 0 N–H and O–H groups in total. The fourth-order valence-corrected chi connectivity index (χ4v) is 3.28. The molecule has 0 unspecified atom stereocenters. The summed E-state index contributed by atoms with van der Waals surface area (Å²) in [4.78, 5) is 12.7. The van der Waals surface area contributed by atoms with E-state index < -0.39 is 5.63 Å². The maximum atomic E-state index is 12.7. The summed E-state index contributed by atoms with van der Waals surface area (Å²) in [6.07, 6.45) is 0. The lowest BCUT2D eigenvalue weighted by molar-refractivity contribution is 0.306. The van der Waals surface area contributed by atoms with Crippen LogP contribution in [0, 0.1) is 0 Å². The SMILES string of the molecule is COc1ccc(COc2ccc3cc(-c4cc(OC)ccc4OC)c(=O)oc3c2)cc1. The summed E-state index contributed by atoms with van der Waals surface area (Å²) in [5, 5.41) is 0.774. The lowest BCUT2D eigenvalue weighted by atomic mass is 10.0. The fourth-order valence-electron chi connectivity index (χ4n) is 3.28. The van der Waals surface area contributed by atoms with Gasteiger partial charge in [-0.05, 0) is 54.1 Å². The number of benzene rings is 3. The van der Waals surface area contributed by atoms with Crippen LogP contribution in [0.3, 0.4) is 0 Å². The highest BCUT2D eigenvalue weighted by molar-refractivity contribution is 5.84. The molecule has 1 aromatic heterocycles. The Hall–Kier alpha value is -3.93. The van der Waals surface area contributed by atoms with Crippen molar-refractivity contribution in [2.75, 3.05) is 21.3 Å². The Bertz CT molecular complexity index is 1260. The molecule has 6 nitrogen and oxygen atoms in total. The number of hydrogen-bond acceptors (Lipinski definition) is 6. The van der Waals surface area contributed by atoms with Crippen LogP contribution in [0.1, 0.15) is 5.56 Å². The van der Waals surface area contributed by atoms with Crippen LogP contribution in [-0.2, 0) is 6.61 Å². The topological polar surface area (TPSA) is 67.1 Å². The van der Waals surface area contributed by atoms with Crippen LogP contribution in [0.2, 0.25) is 0 Å². The minimum absolute atomic E-state index is 0.388. The van der Waals surface area contributed by atoms with Gasteiger partial charge in [0.1, 0.15) is 35.2 Å². The first-order valence-corrected chi connectivity index (χ1v) is 9.67.